The SMILES string of the molecule is Cc1ccc(Nc2cc3c4c(cccc4c2)-c2ccccc2-3)cc1. The van der Waals surface area contributed by atoms with Gasteiger partial charge in [0.15, 0.2) is 0 Å². The molecule has 0 spiro atoms. The minimum atomic E-state index is 1.12. The molecule has 5 rings (SSSR count). The molecule has 1 nitrogen and oxygen atoms in total. The number of hydrogen-bond donors (Lipinski definition) is 1. The number of benzene rings is 4. The Labute approximate surface area is 141 Å². The van der Waals surface area contributed by atoms with Gasteiger partial charge in [0.1, 0.15) is 0 Å². The quantitative estimate of drug-likeness (QED) is 0.390. The summed E-state index contributed by atoms with van der Waals surface area (Å²) in [4.78, 5) is 0. The lowest BCUT2D eigenvalue weighted by molar-refractivity contribution is 1.46. The van der Waals surface area contributed by atoms with Crippen LogP contribution in [-0.2, 0) is 0 Å². The summed E-state index contributed by atoms with van der Waals surface area (Å²) in [5.41, 5.74) is 8.87. The van der Waals surface area contributed by atoms with Crippen molar-refractivity contribution in [1.82, 2.24) is 0 Å². The van der Waals surface area contributed by atoms with Gasteiger partial charge in [-0.1, -0.05) is 60.2 Å². The molecule has 0 bridgehead atoms. The van der Waals surface area contributed by atoms with Crippen LogP contribution >= 0.6 is 0 Å². The lowest BCUT2D eigenvalue weighted by atomic mass is 10.0. The van der Waals surface area contributed by atoms with Crippen LogP contribution in [0.15, 0.2) is 78.9 Å². The number of hydrogen-bond acceptors (Lipinski definition) is 1. The van der Waals surface area contributed by atoms with Crippen molar-refractivity contribution >= 4 is 22.1 Å². The first-order valence-corrected chi connectivity index (χ1v) is 8.30. The highest BCUT2D eigenvalue weighted by molar-refractivity contribution is 6.16. The van der Waals surface area contributed by atoms with Gasteiger partial charge in [0, 0.05) is 11.4 Å². The Hall–Kier alpha value is -3.06. The molecular formula is C23H17N. The van der Waals surface area contributed by atoms with Crippen molar-refractivity contribution in [1.29, 1.82) is 0 Å². The van der Waals surface area contributed by atoms with Crippen LogP contribution in [0.1, 0.15) is 5.56 Å². The van der Waals surface area contributed by atoms with Gasteiger partial charge in [-0.25, -0.2) is 0 Å². The normalized spacial score (nSPS) is 11.5. The van der Waals surface area contributed by atoms with Crippen molar-refractivity contribution < 1.29 is 0 Å². The molecule has 0 unspecified atom stereocenters. The van der Waals surface area contributed by atoms with E-state index in [1.807, 2.05) is 0 Å². The summed E-state index contributed by atoms with van der Waals surface area (Å²) in [7, 11) is 0. The van der Waals surface area contributed by atoms with Crippen LogP contribution in [0.4, 0.5) is 11.4 Å². The highest BCUT2D eigenvalue weighted by Crippen LogP contribution is 2.48. The van der Waals surface area contributed by atoms with E-state index < -0.39 is 0 Å². The standard InChI is InChI=1S/C23H17N/c1-15-9-11-17(12-10-15)24-18-13-16-5-4-8-21-19-6-2-3-7-20(19)22(14-18)23(16)21/h2-14,24H,1H3. The van der Waals surface area contributed by atoms with E-state index in [0.717, 1.165) is 11.4 Å². The van der Waals surface area contributed by atoms with Gasteiger partial charge < -0.3 is 5.32 Å². The molecule has 0 saturated heterocycles. The number of fused-ring (bicyclic) bond motifs is 3. The van der Waals surface area contributed by atoms with Gasteiger partial charge in [-0.2, -0.15) is 0 Å². The Morgan fingerprint density at radius 1 is 0.583 bits per heavy atom. The van der Waals surface area contributed by atoms with Gasteiger partial charge in [-0.3, -0.25) is 0 Å². The van der Waals surface area contributed by atoms with Crippen molar-refractivity contribution in [3.8, 4) is 22.3 Å². The van der Waals surface area contributed by atoms with Crippen LogP contribution in [0.3, 0.4) is 0 Å². The van der Waals surface area contributed by atoms with Gasteiger partial charge in [0.25, 0.3) is 0 Å². The second-order valence-corrected chi connectivity index (χ2v) is 6.46. The smallest absolute Gasteiger partial charge is 0.0396 e. The highest BCUT2D eigenvalue weighted by atomic mass is 14.9. The average molecular weight is 307 g/mol. The van der Waals surface area contributed by atoms with Gasteiger partial charge in [-0.15, -0.1) is 0 Å². The van der Waals surface area contributed by atoms with Gasteiger partial charge >= 0.3 is 0 Å². The van der Waals surface area contributed by atoms with Crippen molar-refractivity contribution in [3.63, 3.8) is 0 Å². The van der Waals surface area contributed by atoms with Crippen molar-refractivity contribution in [2.75, 3.05) is 5.32 Å². The van der Waals surface area contributed by atoms with E-state index in [0.29, 0.717) is 0 Å². The zero-order valence-corrected chi connectivity index (χ0v) is 13.5. The van der Waals surface area contributed by atoms with Crippen molar-refractivity contribution in [2.45, 2.75) is 6.92 Å². The zero-order valence-electron chi connectivity index (χ0n) is 13.5. The first-order valence-electron chi connectivity index (χ1n) is 8.30. The topological polar surface area (TPSA) is 12.0 Å². The molecule has 1 N–H and O–H groups in total. The molecule has 1 heteroatoms. The lowest BCUT2D eigenvalue weighted by Crippen LogP contribution is -1.91. The molecule has 0 aliphatic heterocycles. The molecule has 24 heavy (non-hydrogen) atoms. The molecule has 4 aromatic rings. The van der Waals surface area contributed by atoms with Crippen molar-refractivity contribution in [3.05, 3.63) is 84.4 Å². The third-order valence-electron chi connectivity index (χ3n) is 4.82. The molecule has 4 aromatic carbocycles. The Morgan fingerprint density at radius 3 is 2.08 bits per heavy atom. The van der Waals surface area contributed by atoms with Gasteiger partial charge in [-0.05, 0) is 64.2 Å². The maximum Gasteiger partial charge on any atom is 0.0396 e. The van der Waals surface area contributed by atoms with E-state index in [1.165, 1.54) is 38.6 Å². The first kappa shape index (κ1) is 13.4. The van der Waals surface area contributed by atoms with Crippen LogP contribution in [0, 0.1) is 6.92 Å². The number of rotatable bonds is 2. The largest absolute Gasteiger partial charge is 0.355 e. The van der Waals surface area contributed by atoms with Crippen LogP contribution in [0.25, 0.3) is 33.0 Å². The summed E-state index contributed by atoms with van der Waals surface area (Å²) in [5.74, 6) is 0. The summed E-state index contributed by atoms with van der Waals surface area (Å²) in [6, 6.07) is 28.3. The first-order chi connectivity index (χ1) is 11.8. The summed E-state index contributed by atoms with van der Waals surface area (Å²) >= 11 is 0. The second-order valence-electron chi connectivity index (χ2n) is 6.46. The molecule has 0 atom stereocenters. The molecular weight excluding hydrogens is 290 g/mol. The Morgan fingerprint density at radius 2 is 1.29 bits per heavy atom. The van der Waals surface area contributed by atoms with Crippen LogP contribution < -0.4 is 5.32 Å². The van der Waals surface area contributed by atoms with Crippen LogP contribution in [0.5, 0.6) is 0 Å². The Kier molecular flexibility index (Phi) is 2.77. The van der Waals surface area contributed by atoms with E-state index in [2.05, 4.69) is 91.1 Å². The summed E-state index contributed by atoms with van der Waals surface area (Å²) < 4.78 is 0. The molecule has 0 fully saturated rings. The third kappa shape index (κ3) is 1.95. The number of aryl methyl sites for hydroxylation is 1. The van der Waals surface area contributed by atoms with Gasteiger partial charge in [0.05, 0.1) is 0 Å². The van der Waals surface area contributed by atoms with Crippen molar-refractivity contribution in [2.24, 2.45) is 0 Å². The van der Waals surface area contributed by atoms with E-state index in [1.54, 1.807) is 0 Å². The summed E-state index contributed by atoms with van der Waals surface area (Å²) in [6.45, 7) is 2.11. The predicted molar refractivity (Wildman–Crippen MR) is 103 cm³/mol. The molecule has 0 radical (unpaired) electrons. The number of nitrogens with one attached hydrogen (secondary N) is 1. The van der Waals surface area contributed by atoms with E-state index >= 15 is 0 Å². The maximum absolute atomic E-state index is 3.55. The maximum atomic E-state index is 3.55. The Balaban J connectivity index is 1.70. The second kappa shape index (κ2) is 4.97. The average Bonchev–Trinajstić information content (AvgIpc) is 2.93. The zero-order chi connectivity index (χ0) is 16.1. The summed E-state index contributed by atoms with van der Waals surface area (Å²) in [5, 5.41) is 6.21. The minimum Gasteiger partial charge on any atom is -0.355 e. The minimum absolute atomic E-state index is 1.12. The van der Waals surface area contributed by atoms with Gasteiger partial charge in [0.2, 0.25) is 0 Å². The molecule has 0 aromatic heterocycles. The molecule has 0 heterocycles. The van der Waals surface area contributed by atoms with E-state index in [9.17, 15) is 0 Å². The third-order valence-corrected chi connectivity index (χ3v) is 4.82. The fourth-order valence-electron chi connectivity index (χ4n) is 3.69. The monoisotopic (exact) mass is 307 g/mol. The molecule has 0 amide bonds. The van der Waals surface area contributed by atoms with Crippen LogP contribution in [-0.4, -0.2) is 0 Å². The Bertz CT molecular complexity index is 1070. The molecule has 1 aliphatic carbocycles. The number of anilines is 2. The van der Waals surface area contributed by atoms with E-state index in [4.69, 9.17) is 0 Å². The fourth-order valence-corrected chi connectivity index (χ4v) is 3.69. The fraction of sp³-hybridized carbons (Fsp3) is 0.0435. The molecule has 1 aliphatic rings. The highest BCUT2D eigenvalue weighted by Gasteiger charge is 2.21. The lowest BCUT2D eigenvalue weighted by Gasteiger charge is -2.10. The van der Waals surface area contributed by atoms with Crippen LogP contribution in [0.2, 0.25) is 0 Å². The molecule has 114 valence electrons. The summed E-state index contributed by atoms with van der Waals surface area (Å²) in [6.07, 6.45) is 0. The molecule has 0 saturated carbocycles. The predicted octanol–water partition coefficient (Wildman–Crippen LogP) is 6.54. The van der Waals surface area contributed by atoms with E-state index in [-0.39, 0.29) is 0 Å².